The first kappa shape index (κ1) is 13.5. The molecule has 0 saturated carbocycles. The van der Waals surface area contributed by atoms with Gasteiger partial charge >= 0.3 is 5.97 Å². The molecule has 0 amide bonds. The van der Waals surface area contributed by atoms with Crippen LogP contribution in [0.5, 0.6) is 0 Å². The van der Waals surface area contributed by atoms with Crippen molar-refractivity contribution in [3.05, 3.63) is 0 Å². The largest absolute Gasteiger partial charge is 0.469 e. The summed E-state index contributed by atoms with van der Waals surface area (Å²) in [5.74, 6) is 0.556. The molecule has 3 aliphatic heterocycles. The molecule has 4 heteroatoms. The predicted molar refractivity (Wildman–Crippen MR) is 62.2 cm³/mol. The molecule has 0 spiro atoms. The third-order valence-electron chi connectivity index (χ3n) is 3.74. The Morgan fingerprint density at radius 3 is 2.69 bits per heavy atom. The molecule has 3 fully saturated rings. The molecule has 4 unspecified atom stereocenters. The Kier molecular flexibility index (Phi) is 4.74. The van der Waals surface area contributed by atoms with Gasteiger partial charge in [-0.05, 0) is 25.3 Å². The minimum atomic E-state index is -0.0411. The Morgan fingerprint density at radius 1 is 1.44 bits per heavy atom. The van der Waals surface area contributed by atoms with Gasteiger partial charge in [0.25, 0.3) is 0 Å². The van der Waals surface area contributed by atoms with Gasteiger partial charge in [-0.2, -0.15) is 0 Å². The zero-order valence-corrected chi connectivity index (χ0v) is 9.44. The smallest absolute Gasteiger partial charge is 0.310 e. The van der Waals surface area contributed by atoms with E-state index in [4.69, 9.17) is 9.47 Å². The lowest BCUT2D eigenvalue weighted by molar-refractivity contribution is -0.154. The molecule has 2 bridgehead atoms. The number of nitrogens with zero attached hydrogens (tertiary/aromatic N) is 1. The van der Waals surface area contributed by atoms with Gasteiger partial charge in [0, 0.05) is 19.7 Å². The summed E-state index contributed by atoms with van der Waals surface area (Å²) in [5.41, 5.74) is 0. The summed E-state index contributed by atoms with van der Waals surface area (Å²) >= 11 is 0. The lowest BCUT2D eigenvalue weighted by Crippen LogP contribution is -2.56. The molecule has 0 N–H and O–H groups in total. The van der Waals surface area contributed by atoms with Crippen LogP contribution >= 0.6 is 0 Å². The first-order valence-electron chi connectivity index (χ1n) is 5.57. The number of hydrogen-bond acceptors (Lipinski definition) is 4. The van der Waals surface area contributed by atoms with Crippen molar-refractivity contribution in [1.29, 1.82) is 0 Å². The second-order valence-corrected chi connectivity index (χ2v) is 4.52. The SMILES string of the molecule is C.COCC1CC2CCN1CC2C(=O)OC. The number of methoxy groups -OCH3 is 2. The molecule has 0 aliphatic carbocycles. The van der Waals surface area contributed by atoms with Gasteiger partial charge in [-0.25, -0.2) is 0 Å². The third-order valence-corrected chi connectivity index (χ3v) is 3.74. The van der Waals surface area contributed by atoms with E-state index in [2.05, 4.69) is 4.90 Å². The average Bonchev–Trinajstić information content (AvgIpc) is 2.29. The highest BCUT2D eigenvalue weighted by Gasteiger charge is 2.43. The summed E-state index contributed by atoms with van der Waals surface area (Å²) in [7, 11) is 3.22. The molecule has 16 heavy (non-hydrogen) atoms. The zero-order valence-electron chi connectivity index (χ0n) is 9.44. The molecule has 3 heterocycles. The van der Waals surface area contributed by atoms with Crippen molar-refractivity contribution in [2.45, 2.75) is 26.3 Å². The molecule has 4 atom stereocenters. The number of hydrogen-bond donors (Lipinski definition) is 0. The second kappa shape index (κ2) is 5.64. The van der Waals surface area contributed by atoms with Crippen molar-refractivity contribution in [2.24, 2.45) is 11.8 Å². The highest BCUT2D eigenvalue weighted by Crippen LogP contribution is 2.36. The van der Waals surface area contributed by atoms with E-state index in [1.54, 1.807) is 7.11 Å². The van der Waals surface area contributed by atoms with Crippen molar-refractivity contribution in [1.82, 2.24) is 4.90 Å². The van der Waals surface area contributed by atoms with Crippen LogP contribution in [-0.4, -0.2) is 50.8 Å². The van der Waals surface area contributed by atoms with Gasteiger partial charge in [0.2, 0.25) is 0 Å². The van der Waals surface area contributed by atoms with Crippen LogP contribution in [0.15, 0.2) is 0 Å². The van der Waals surface area contributed by atoms with Gasteiger partial charge in [0.15, 0.2) is 0 Å². The van der Waals surface area contributed by atoms with Gasteiger partial charge in [-0.3, -0.25) is 9.69 Å². The van der Waals surface area contributed by atoms with Crippen molar-refractivity contribution in [2.75, 3.05) is 33.9 Å². The van der Waals surface area contributed by atoms with Crippen LogP contribution in [0.25, 0.3) is 0 Å². The van der Waals surface area contributed by atoms with Crippen LogP contribution in [0.2, 0.25) is 0 Å². The summed E-state index contributed by atoms with van der Waals surface area (Å²) < 4.78 is 10.0. The van der Waals surface area contributed by atoms with E-state index < -0.39 is 0 Å². The minimum absolute atomic E-state index is 0. The first-order chi connectivity index (χ1) is 7.26. The molecule has 0 radical (unpaired) electrons. The van der Waals surface area contributed by atoms with Gasteiger partial charge in [0.05, 0.1) is 19.6 Å². The van der Waals surface area contributed by atoms with Crippen LogP contribution in [-0.2, 0) is 14.3 Å². The molecule has 3 saturated heterocycles. The summed E-state index contributed by atoms with van der Waals surface area (Å²) in [6, 6.07) is 0.509. The quantitative estimate of drug-likeness (QED) is 0.681. The fourth-order valence-electron chi connectivity index (χ4n) is 2.92. The molecule has 3 aliphatic rings. The third kappa shape index (κ3) is 2.38. The van der Waals surface area contributed by atoms with Gasteiger partial charge in [-0.1, -0.05) is 7.43 Å². The van der Waals surface area contributed by atoms with E-state index in [0.29, 0.717) is 12.0 Å². The van der Waals surface area contributed by atoms with Crippen molar-refractivity contribution in [3.8, 4) is 0 Å². The number of piperidine rings is 3. The van der Waals surface area contributed by atoms with Crippen LogP contribution < -0.4 is 0 Å². The molecular weight excluding hydrogens is 206 g/mol. The monoisotopic (exact) mass is 229 g/mol. The Hall–Kier alpha value is -0.610. The predicted octanol–water partition coefficient (Wildman–Crippen LogP) is 1.15. The number of fused-ring (bicyclic) bond motifs is 3. The molecule has 94 valence electrons. The number of ether oxygens (including phenoxy) is 2. The van der Waals surface area contributed by atoms with E-state index in [1.165, 1.54) is 7.11 Å². The fraction of sp³-hybridized carbons (Fsp3) is 0.917. The Balaban J connectivity index is 0.00000128. The molecule has 4 nitrogen and oxygen atoms in total. The Bertz CT molecular complexity index is 244. The first-order valence-corrected chi connectivity index (χ1v) is 5.57. The lowest BCUT2D eigenvalue weighted by Gasteiger charge is -2.48. The Morgan fingerprint density at radius 2 is 2.19 bits per heavy atom. The van der Waals surface area contributed by atoms with Crippen LogP contribution in [0.4, 0.5) is 0 Å². The fourth-order valence-corrected chi connectivity index (χ4v) is 2.92. The number of esters is 1. The van der Waals surface area contributed by atoms with Gasteiger partial charge in [0.1, 0.15) is 0 Å². The maximum absolute atomic E-state index is 11.5. The molecule has 0 aromatic carbocycles. The van der Waals surface area contributed by atoms with Crippen LogP contribution in [0.3, 0.4) is 0 Å². The maximum Gasteiger partial charge on any atom is 0.310 e. The van der Waals surface area contributed by atoms with E-state index >= 15 is 0 Å². The molecule has 0 aromatic rings. The van der Waals surface area contributed by atoms with E-state index in [-0.39, 0.29) is 19.3 Å². The van der Waals surface area contributed by atoms with E-state index in [9.17, 15) is 4.79 Å². The lowest BCUT2D eigenvalue weighted by atomic mass is 9.76. The number of carbonyl (C=O) groups is 1. The molecule has 0 aromatic heterocycles. The van der Waals surface area contributed by atoms with Crippen LogP contribution in [0.1, 0.15) is 20.3 Å². The highest BCUT2D eigenvalue weighted by molar-refractivity contribution is 5.73. The highest BCUT2D eigenvalue weighted by atomic mass is 16.5. The standard InChI is InChI=1S/C11H19NO3.CH4/c1-14-7-9-5-8-3-4-12(9)6-10(8)11(13)15-2;/h8-10H,3-7H2,1-2H3;1H4. The van der Waals surface area contributed by atoms with E-state index in [1.807, 2.05) is 0 Å². The summed E-state index contributed by atoms with van der Waals surface area (Å²) in [5, 5.41) is 0. The number of carbonyl (C=O) groups excluding carboxylic acids is 1. The Labute approximate surface area is 97.9 Å². The normalized spacial score (nSPS) is 36.6. The summed E-state index contributed by atoms with van der Waals surface area (Å²) in [6.45, 7) is 2.74. The summed E-state index contributed by atoms with van der Waals surface area (Å²) in [4.78, 5) is 13.9. The molecular formula is C12H23NO3. The number of rotatable bonds is 3. The van der Waals surface area contributed by atoms with E-state index in [0.717, 1.165) is 32.5 Å². The molecule has 3 rings (SSSR count). The van der Waals surface area contributed by atoms with Gasteiger partial charge < -0.3 is 9.47 Å². The minimum Gasteiger partial charge on any atom is -0.469 e. The van der Waals surface area contributed by atoms with Crippen molar-refractivity contribution in [3.63, 3.8) is 0 Å². The second-order valence-electron chi connectivity index (χ2n) is 4.52. The van der Waals surface area contributed by atoms with Gasteiger partial charge in [-0.15, -0.1) is 0 Å². The zero-order chi connectivity index (χ0) is 10.8. The maximum atomic E-state index is 11.5. The summed E-state index contributed by atoms with van der Waals surface area (Å²) in [6.07, 6.45) is 2.20. The van der Waals surface area contributed by atoms with Crippen molar-refractivity contribution < 1.29 is 14.3 Å². The van der Waals surface area contributed by atoms with Crippen LogP contribution in [0, 0.1) is 11.8 Å². The topological polar surface area (TPSA) is 38.8 Å². The average molecular weight is 229 g/mol. The van der Waals surface area contributed by atoms with Crippen molar-refractivity contribution >= 4 is 5.97 Å².